The van der Waals surface area contributed by atoms with Gasteiger partial charge in [-0.25, -0.2) is 4.39 Å². The normalized spacial score (nSPS) is 12.0. The lowest BCUT2D eigenvalue weighted by atomic mass is 10.1. The number of hydrogen-bond acceptors (Lipinski definition) is 5. The van der Waals surface area contributed by atoms with Gasteiger partial charge in [-0.2, -0.15) is 0 Å². The number of rotatable bonds is 7. The molecule has 0 saturated carbocycles. The largest absolute Gasteiger partial charge is 0.416 e. The van der Waals surface area contributed by atoms with E-state index in [-0.39, 0.29) is 17.8 Å². The SMILES string of the molecule is CN(C)C(CNC(=O)c1ccc(-c2nnc(-c3ccccc3)o2)cc1)c1cccc(F)c1. The van der Waals surface area contributed by atoms with Crippen molar-refractivity contribution >= 4 is 5.91 Å². The fraction of sp³-hybridized carbons (Fsp3) is 0.160. The molecule has 4 rings (SSSR count). The molecular formula is C25H23FN4O2. The van der Waals surface area contributed by atoms with Crippen LogP contribution in [0.2, 0.25) is 0 Å². The van der Waals surface area contributed by atoms with Crippen LogP contribution in [-0.4, -0.2) is 41.6 Å². The second-order valence-electron chi connectivity index (χ2n) is 7.60. The molecule has 6 nitrogen and oxygen atoms in total. The zero-order valence-electron chi connectivity index (χ0n) is 17.8. The number of nitrogens with zero attached hydrogens (tertiary/aromatic N) is 3. The molecule has 7 heteroatoms. The fourth-order valence-corrected chi connectivity index (χ4v) is 3.41. The van der Waals surface area contributed by atoms with E-state index in [1.165, 1.54) is 12.1 Å². The first-order valence-corrected chi connectivity index (χ1v) is 10.2. The summed E-state index contributed by atoms with van der Waals surface area (Å²) in [6.45, 7) is 0.348. The second kappa shape index (κ2) is 9.53. The molecule has 1 atom stereocenters. The van der Waals surface area contributed by atoms with E-state index in [9.17, 15) is 9.18 Å². The van der Waals surface area contributed by atoms with Crippen molar-refractivity contribution in [3.05, 3.63) is 95.8 Å². The van der Waals surface area contributed by atoms with E-state index in [0.29, 0.717) is 23.9 Å². The summed E-state index contributed by atoms with van der Waals surface area (Å²) >= 11 is 0. The number of halogens is 1. The average Bonchev–Trinajstić information content (AvgIpc) is 3.30. The lowest BCUT2D eigenvalue weighted by molar-refractivity contribution is 0.0942. The van der Waals surface area contributed by atoms with Crippen LogP contribution in [0.1, 0.15) is 22.0 Å². The van der Waals surface area contributed by atoms with Gasteiger partial charge in [0, 0.05) is 23.2 Å². The van der Waals surface area contributed by atoms with E-state index in [1.54, 1.807) is 30.3 Å². The van der Waals surface area contributed by atoms with Crippen LogP contribution >= 0.6 is 0 Å². The number of aromatic nitrogens is 2. The lowest BCUT2D eigenvalue weighted by Gasteiger charge is -2.25. The van der Waals surface area contributed by atoms with Crippen molar-refractivity contribution < 1.29 is 13.6 Å². The predicted octanol–water partition coefficient (Wildman–Crippen LogP) is 4.58. The van der Waals surface area contributed by atoms with E-state index >= 15 is 0 Å². The Bertz CT molecular complexity index is 1190. The van der Waals surface area contributed by atoms with Gasteiger partial charge in [-0.3, -0.25) is 4.79 Å². The highest BCUT2D eigenvalue weighted by Crippen LogP contribution is 2.24. The van der Waals surface area contributed by atoms with Gasteiger partial charge in [0.2, 0.25) is 11.8 Å². The zero-order chi connectivity index (χ0) is 22.5. The van der Waals surface area contributed by atoms with Gasteiger partial charge in [0.25, 0.3) is 5.91 Å². The number of amides is 1. The first-order chi connectivity index (χ1) is 15.5. The van der Waals surface area contributed by atoms with Gasteiger partial charge in [0.15, 0.2) is 0 Å². The van der Waals surface area contributed by atoms with Gasteiger partial charge in [0.05, 0.1) is 6.04 Å². The van der Waals surface area contributed by atoms with Crippen LogP contribution in [0.3, 0.4) is 0 Å². The smallest absolute Gasteiger partial charge is 0.251 e. The standard InChI is InChI=1S/C25H23FN4O2/c1-30(2)22(20-9-6-10-21(26)15-20)16-27-23(31)17-11-13-19(14-12-17)25-29-28-24(32-25)18-7-4-3-5-8-18/h3-15,22H,16H2,1-2H3,(H,27,31). The van der Waals surface area contributed by atoms with Crippen molar-refractivity contribution in [2.24, 2.45) is 0 Å². The van der Waals surface area contributed by atoms with Crippen molar-refractivity contribution in [2.45, 2.75) is 6.04 Å². The molecule has 1 aromatic heterocycles. The Balaban J connectivity index is 1.42. The summed E-state index contributed by atoms with van der Waals surface area (Å²) < 4.78 is 19.4. The summed E-state index contributed by atoms with van der Waals surface area (Å²) in [5.74, 6) is 0.312. The summed E-state index contributed by atoms with van der Waals surface area (Å²) in [4.78, 5) is 14.6. The maximum atomic E-state index is 13.6. The van der Waals surface area contributed by atoms with Gasteiger partial charge < -0.3 is 14.6 Å². The number of likely N-dealkylation sites (N-methyl/N-ethyl adjacent to an activating group) is 1. The Morgan fingerprint density at radius 2 is 1.59 bits per heavy atom. The van der Waals surface area contributed by atoms with Crippen LogP contribution in [0, 0.1) is 5.82 Å². The Kier molecular flexibility index (Phi) is 6.37. The average molecular weight is 430 g/mol. The van der Waals surface area contributed by atoms with Crippen LogP contribution in [0.25, 0.3) is 22.9 Å². The molecule has 0 saturated heterocycles. The molecule has 0 bridgehead atoms. The number of nitrogens with one attached hydrogen (secondary N) is 1. The van der Waals surface area contributed by atoms with Crippen LogP contribution < -0.4 is 5.32 Å². The monoisotopic (exact) mass is 430 g/mol. The van der Waals surface area contributed by atoms with Crippen LogP contribution in [0.5, 0.6) is 0 Å². The van der Waals surface area contributed by atoms with Gasteiger partial charge in [-0.1, -0.05) is 30.3 Å². The number of benzene rings is 3. The molecule has 1 N–H and O–H groups in total. The van der Waals surface area contributed by atoms with Crippen LogP contribution in [0.4, 0.5) is 4.39 Å². The molecular weight excluding hydrogens is 407 g/mol. The molecule has 0 aliphatic heterocycles. The maximum absolute atomic E-state index is 13.6. The highest BCUT2D eigenvalue weighted by molar-refractivity contribution is 5.94. The van der Waals surface area contributed by atoms with Crippen LogP contribution in [0.15, 0.2) is 83.3 Å². The molecule has 1 unspecified atom stereocenters. The van der Waals surface area contributed by atoms with Crippen molar-refractivity contribution in [1.82, 2.24) is 20.4 Å². The van der Waals surface area contributed by atoms with Gasteiger partial charge in [-0.05, 0) is 68.2 Å². The Morgan fingerprint density at radius 3 is 2.22 bits per heavy atom. The third-order valence-electron chi connectivity index (χ3n) is 5.15. The highest BCUT2D eigenvalue weighted by atomic mass is 19.1. The van der Waals surface area contributed by atoms with Crippen molar-refractivity contribution in [2.75, 3.05) is 20.6 Å². The summed E-state index contributed by atoms with van der Waals surface area (Å²) in [6, 6.07) is 22.8. The first-order valence-electron chi connectivity index (χ1n) is 10.2. The highest BCUT2D eigenvalue weighted by Gasteiger charge is 2.17. The summed E-state index contributed by atoms with van der Waals surface area (Å²) in [6.07, 6.45) is 0. The van der Waals surface area contributed by atoms with E-state index in [2.05, 4.69) is 15.5 Å². The minimum absolute atomic E-state index is 0.149. The second-order valence-corrected chi connectivity index (χ2v) is 7.60. The summed E-state index contributed by atoms with van der Waals surface area (Å²) in [5, 5.41) is 11.1. The molecule has 32 heavy (non-hydrogen) atoms. The first kappa shape index (κ1) is 21.4. The quantitative estimate of drug-likeness (QED) is 0.465. The topological polar surface area (TPSA) is 71.3 Å². The van der Waals surface area contributed by atoms with Crippen molar-refractivity contribution in [1.29, 1.82) is 0 Å². The molecule has 162 valence electrons. The van der Waals surface area contributed by atoms with Gasteiger partial charge in [-0.15, -0.1) is 10.2 Å². The maximum Gasteiger partial charge on any atom is 0.251 e. The summed E-state index contributed by atoms with van der Waals surface area (Å²) in [5.41, 5.74) is 2.88. The Morgan fingerprint density at radius 1 is 0.938 bits per heavy atom. The number of carbonyl (C=O) groups is 1. The molecule has 0 radical (unpaired) electrons. The fourth-order valence-electron chi connectivity index (χ4n) is 3.41. The van der Waals surface area contributed by atoms with Crippen molar-refractivity contribution in [3.63, 3.8) is 0 Å². The third kappa shape index (κ3) is 4.90. The van der Waals surface area contributed by atoms with E-state index in [1.807, 2.05) is 55.4 Å². The molecule has 1 heterocycles. The molecule has 0 aliphatic carbocycles. The molecule has 0 spiro atoms. The zero-order valence-corrected chi connectivity index (χ0v) is 17.8. The molecule has 1 amide bonds. The van der Waals surface area contributed by atoms with E-state index in [4.69, 9.17) is 4.42 Å². The number of carbonyl (C=O) groups excluding carboxylic acids is 1. The molecule has 3 aromatic carbocycles. The predicted molar refractivity (Wildman–Crippen MR) is 120 cm³/mol. The molecule has 0 aliphatic rings. The van der Waals surface area contributed by atoms with Crippen molar-refractivity contribution in [3.8, 4) is 22.9 Å². The lowest BCUT2D eigenvalue weighted by Crippen LogP contribution is -2.34. The number of hydrogen-bond donors (Lipinski definition) is 1. The minimum Gasteiger partial charge on any atom is -0.416 e. The third-order valence-corrected chi connectivity index (χ3v) is 5.15. The molecule has 4 aromatic rings. The minimum atomic E-state index is -0.298. The van der Waals surface area contributed by atoms with Gasteiger partial charge in [0.1, 0.15) is 5.82 Å². The van der Waals surface area contributed by atoms with E-state index < -0.39 is 0 Å². The summed E-state index contributed by atoms with van der Waals surface area (Å²) in [7, 11) is 3.79. The Labute approximate surface area is 185 Å². The van der Waals surface area contributed by atoms with Crippen LogP contribution in [-0.2, 0) is 0 Å². The van der Waals surface area contributed by atoms with Gasteiger partial charge >= 0.3 is 0 Å². The van der Waals surface area contributed by atoms with E-state index in [0.717, 1.165) is 16.7 Å². The molecule has 0 fully saturated rings. The Hall–Kier alpha value is -3.84.